The standard InChI is InChI=1S/C12H18BrN3O/c1-9(10-3-4-10)16(5-6-17-2)12-14-7-11(13)8-15-12/h7-10H,3-6H2,1-2H3. The van der Waals surface area contributed by atoms with Gasteiger partial charge in [0.05, 0.1) is 11.1 Å². The molecule has 0 N–H and O–H groups in total. The first-order valence-electron chi connectivity index (χ1n) is 5.95. The summed E-state index contributed by atoms with van der Waals surface area (Å²) in [6.07, 6.45) is 6.23. The highest BCUT2D eigenvalue weighted by Crippen LogP contribution is 2.36. The molecule has 0 amide bonds. The Morgan fingerprint density at radius 2 is 2.12 bits per heavy atom. The first kappa shape index (κ1) is 12.8. The molecule has 1 unspecified atom stereocenters. The second-order valence-corrected chi connectivity index (χ2v) is 5.38. The molecule has 1 aliphatic rings. The number of ether oxygens (including phenoxy) is 1. The van der Waals surface area contributed by atoms with E-state index in [0.29, 0.717) is 12.6 Å². The number of rotatable bonds is 6. The fraction of sp³-hybridized carbons (Fsp3) is 0.667. The van der Waals surface area contributed by atoms with E-state index in [1.165, 1.54) is 12.8 Å². The van der Waals surface area contributed by atoms with Gasteiger partial charge in [-0.1, -0.05) is 0 Å². The maximum absolute atomic E-state index is 5.16. The van der Waals surface area contributed by atoms with Crippen molar-refractivity contribution in [3.05, 3.63) is 16.9 Å². The third-order valence-electron chi connectivity index (χ3n) is 3.20. The summed E-state index contributed by atoms with van der Waals surface area (Å²) in [6.45, 7) is 3.80. The molecule has 0 saturated heterocycles. The van der Waals surface area contributed by atoms with Crippen molar-refractivity contribution in [2.24, 2.45) is 5.92 Å². The molecule has 1 aromatic heterocycles. The zero-order valence-electron chi connectivity index (χ0n) is 10.3. The van der Waals surface area contributed by atoms with Gasteiger partial charge in [0.25, 0.3) is 0 Å². The molecule has 17 heavy (non-hydrogen) atoms. The van der Waals surface area contributed by atoms with Crippen LogP contribution in [0.15, 0.2) is 16.9 Å². The molecule has 0 bridgehead atoms. The van der Waals surface area contributed by atoms with Gasteiger partial charge in [-0.3, -0.25) is 0 Å². The highest BCUT2D eigenvalue weighted by atomic mass is 79.9. The Kier molecular flexibility index (Phi) is 4.34. The Labute approximate surface area is 111 Å². The monoisotopic (exact) mass is 299 g/mol. The van der Waals surface area contributed by atoms with Gasteiger partial charge < -0.3 is 9.64 Å². The number of hydrogen-bond donors (Lipinski definition) is 0. The zero-order valence-corrected chi connectivity index (χ0v) is 11.9. The summed E-state index contributed by atoms with van der Waals surface area (Å²) in [6, 6.07) is 0.492. The van der Waals surface area contributed by atoms with E-state index < -0.39 is 0 Å². The molecule has 0 aliphatic heterocycles. The summed E-state index contributed by atoms with van der Waals surface area (Å²) in [4.78, 5) is 11.0. The number of halogens is 1. The SMILES string of the molecule is COCCN(c1ncc(Br)cn1)C(C)C1CC1. The normalized spacial score (nSPS) is 16.9. The molecule has 4 nitrogen and oxygen atoms in total. The number of methoxy groups -OCH3 is 1. The predicted molar refractivity (Wildman–Crippen MR) is 71.1 cm³/mol. The highest BCUT2D eigenvalue weighted by molar-refractivity contribution is 9.10. The molecule has 94 valence electrons. The van der Waals surface area contributed by atoms with Crippen molar-refractivity contribution < 1.29 is 4.74 Å². The van der Waals surface area contributed by atoms with Gasteiger partial charge in [-0.25, -0.2) is 9.97 Å². The first-order valence-corrected chi connectivity index (χ1v) is 6.75. The Morgan fingerprint density at radius 3 is 2.65 bits per heavy atom. The van der Waals surface area contributed by atoms with E-state index in [9.17, 15) is 0 Å². The molecule has 0 radical (unpaired) electrons. The fourth-order valence-electron chi connectivity index (χ4n) is 1.96. The molecule has 0 aromatic carbocycles. The van der Waals surface area contributed by atoms with Crippen molar-refractivity contribution in [3.63, 3.8) is 0 Å². The molecule has 0 spiro atoms. The molecular weight excluding hydrogens is 282 g/mol. The third-order valence-corrected chi connectivity index (χ3v) is 3.61. The zero-order chi connectivity index (χ0) is 12.3. The number of nitrogens with zero attached hydrogens (tertiary/aromatic N) is 3. The molecular formula is C12H18BrN3O. The summed E-state index contributed by atoms with van der Waals surface area (Å²) in [5, 5.41) is 0. The van der Waals surface area contributed by atoms with Crippen molar-refractivity contribution in [1.29, 1.82) is 0 Å². The van der Waals surface area contributed by atoms with Gasteiger partial charge in [-0.15, -0.1) is 0 Å². The minimum atomic E-state index is 0.492. The van der Waals surface area contributed by atoms with Crippen molar-refractivity contribution in [2.75, 3.05) is 25.2 Å². The van der Waals surface area contributed by atoms with Gasteiger partial charge in [0.15, 0.2) is 0 Å². The fourth-order valence-corrected chi connectivity index (χ4v) is 2.17. The van der Waals surface area contributed by atoms with E-state index in [1.54, 1.807) is 19.5 Å². The van der Waals surface area contributed by atoms with Crippen LogP contribution in [0, 0.1) is 5.92 Å². The third kappa shape index (κ3) is 3.39. The van der Waals surface area contributed by atoms with Crippen molar-refractivity contribution in [2.45, 2.75) is 25.8 Å². The highest BCUT2D eigenvalue weighted by Gasteiger charge is 2.32. The smallest absolute Gasteiger partial charge is 0.225 e. The molecule has 1 heterocycles. The van der Waals surface area contributed by atoms with Gasteiger partial charge in [0.2, 0.25) is 5.95 Å². The lowest BCUT2D eigenvalue weighted by Crippen LogP contribution is -2.38. The lowest BCUT2D eigenvalue weighted by Gasteiger charge is -2.29. The summed E-state index contributed by atoms with van der Waals surface area (Å²) in [7, 11) is 1.72. The van der Waals surface area contributed by atoms with Crippen LogP contribution in [0.1, 0.15) is 19.8 Å². The van der Waals surface area contributed by atoms with Gasteiger partial charge in [-0.2, -0.15) is 0 Å². The molecule has 1 atom stereocenters. The maximum atomic E-state index is 5.16. The lowest BCUT2D eigenvalue weighted by atomic mass is 10.2. The Bertz CT molecular complexity index is 353. The van der Waals surface area contributed by atoms with Crippen LogP contribution in [0.4, 0.5) is 5.95 Å². The van der Waals surface area contributed by atoms with Gasteiger partial charge >= 0.3 is 0 Å². The molecule has 5 heteroatoms. The summed E-state index contributed by atoms with van der Waals surface area (Å²) in [5.41, 5.74) is 0. The van der Waals surface area contributed by atoms with Crippen molar-refractivity contribution >= 4 is 21.9 Å². The Balaban J connectivity index is 2.10. The molecule has 1 aromatic rings. The van der Waals surface area contributed by atoms with Gasteiger partial charge in [0, 0.05) is 32.1 Å². The minimum Gasteiger partial charge on any atom is -0.383 e. The van der Waals surface area contributed by atoms with Gasteiger partial charge in [-0.05, 0) is 41.6 Å². The van der Waals surface area contributed by atoms with Crippen LogP contribution in [0.2, 0.25) is 0 Å². The first-order chi connectivity index (χ1) is 8.22. The van der Waals surface area contributed by atoms with Crippen LogP contribution < -0.4 is 4.90 Å². The molecule has 1 fully saturated rings. The lowest BCUT2D eigenvalue weighted by molar-refractivity contribution is 0.202. The largest absolute Gasteiger partial charge is 0.383 e. The molecule has 1 aliphatic carbocycles. The summed E-state index contributed by atoms with van der Waals surface area (Å²) >= 11 is 3.36. The number of hydrogen-bond acceptors (Lipinski definition) is 4. The van der Waals surface area contributed by atoms with Crippen LogP contribution in [0.5, 0.6) is 0 Å². The number of aromatic nitrogens is 2. The van der Waals surface area contributed by atoms with Gasteiger partial charge in [0.1, 0.15) is 0 Å². The van der Waals surface area contributed by atoms with E-state index >= 15 is 0 Å². The van der Waals surface area contributed by atoms with Crippen LogP contribution in [-0.2, 0) is 4.74 Å². The predicted octanol–water partition coefficient (Wildman–Crippen LogP) is 2.49. The Morgan fingerprint density at radius 1 is 1.47 bits per heavy atom. The summed E-state index contributed by atoms with van der Waals surface area (Å²) in [5.74, 6) is 1.59. The van der Waals surface area contributed by atoms with Crippen LogP contribution in [-0.4, -0.2) is 36.3 Å². The van der Waals surface area contributed by atoms with E-state index in [1.807, 2.05) is 0 Å². The van der Waals surface area contributed by atoms with E-state index in [0.717, 1.165) is 22.9 Å². The van der Waals surface area contributed by atoms with E-state index in [2.05, 4.69) is 37.7 Å². The Hall–Kier alpha value is -0.680. The molecule has 2 rings (SSSR count). The number of anilines is 1. The maximum Gasteiger partial charge on any atom is 0.225 e. The van der Waals surface area contributed by atoms with Crippen LogP contribution in [0.25, 0.3) is 0 Å². The van der Waals surface area contributed by atoms with E-state index in [4.69, 9.17) is 4.74 Å². The summed E-state index contributed by atoms with van der Waals surface area (Å²) < 4.78 is 6.07. The van der Waals surface area contributed by atoms with E-state index in [-0.39, 0.29) is 0 Å². The second kappa shape index (κ2) is 5.78. The van der Waals surface area contributed by atoms with Crippen molar-refractivity contribution in [1.82, 2.24) is 9.97 Å². The quantitative estimate of drug-likeness (QED) is 0.809. The average Bonchev–Trinajstić information content (AvgIpc) is 3.15. The topological polar surface area (TPSA) is 38.2 Å². The van der Waals surface area contributed by atoms with Crippen molar-refractivity contribution in [3.8, 4) is 0 Å². The van der Waals surface area contributed by atoms with Crippen LogP contribution in [0.3, 0.4) is 0 Å². The average molecular weight is 300 g/mol. The van der Waals surface area contributed by atoms with Crippen LogP contribution >= 0.6 is 15.9 Å². The minimum absolute atomic E-state index is 0.492. The molecule has 1 saturated carbocycles. The second-order valence-electron chi connectivity index (χ2n) is 4.47.